The van der Waals surface area contributed by atoms with E-state index in [1.165, 1.54) is 5.56 Å². The number of hydrogen-bond donors (Lipinski definition) is 1. The lowest BCUT2D eigenvalue weighted by Gasteiger charge is -2.21. The molecule has 0 aromatic heterocycles. The minimum absolute atomic E-state index is 0.0265. The van der Waals surface area contributed by atoms with E-state index >= 15 is 0 Å². The van der Waals surface area contributed by atoms with Crippen LogP contribution in [0.15, 0.2) is 24.3 Å². The number of aryl methyl sites for hydroxylation is 1. The summed E-state index contributed by atoms with van der Waals surface area (Å²) in [6.07, 6.45) is 1.14. The zero-order valence-electron chi connectivity index (χ0n) is 15.1. The van der Waals surface area contributed by atoms with Crippen LogP contribution < -0.4 is 5.32 Å². The molecule has 1 N–H and O–H groups in total. The minimum Gasteiger partial charge on any atom is -0.355 e. The van der Waals surface area contributed by atoms with Crippen LogP contribution in [-0.2, 0) is 21.4 Å². The van der Waals surface area contributed by atoms with Crippen LogP contribution in [0.4, 0.5) is 0 Å². The molecule has 1 rings (SSSR count). The normalized spacial score (nSPS) is 11.2. The van der Waals surface area contributed by atoms with E-state index < -0.39 is 0 Å². The van der Waals surface area contributed by atoms with Crippen molar-refractivity contribution in [3.8, 4) is 0 Å². The average molecular weight is 318 g/mol. The van der Waals surface area contributed by atoms with E-state index in [0.29, 0.717) is 25.9 Å². The second-order valence-corrected chi connectivity index (χ2v) is 6.81. The van der Waals surface area contributed by atoms with Crippen molar-refractivity contribution in [2.45, 2.75) is 52.9 Å². The van der Waals surface area contributed by atoms with Gasteiger partial charge in [-0.3, -0.25) is 9.59 Å². The van der Waals surface area contributed by atoms with Gasteiger partial charge in [0.05, 0.1) is 6.54 Å². The van der Waals surface area contributed by atoms with Gasteiger partial charge in [0.15, 0.2) is 0 Å². The number of carbonyl (C=O) groups excluding carboxylic acids is 2. The van der Waals surface area contributed by atoms with Crippen LogP contribution in [0.5, 0.6) is 0 Å². The predicted molar refractivity (Wildman–Crippen MR) is 94.4 cm³/mol. The Morgan fingerprint density at radius 2 is 1.70 bits per heavy atom. The molecular weight excluding hydrogens is 288 g/mol. The number of likely N-dealkylation sites (N-methyl/N-ethyl adjacent to an activating group) is 2. The molecule has 0 heterocycles. The number of rotatable bonds is 7. The molecule has 128 valence electrons. The van der Waals surface area contributed by atoms with Gasteiger partial charge >= 0.3 is 0 Å². The molecule has 0 fully saturated rings. The summed E-state index contributed by atoms with van der Waals surface area (Å²) < 4.78 is 0. The number of amides is 2. The number of nitrogens with zero attached hydrogens (tertiary/aromatic N) is 1. The van der Waals surface area contributed by atoms with Crippen LogP contribution >= 0.6 is 0 Å². The minimum atomic E-state index is -0.0998. The van der Waals surface area contributed by atoms with Gasteiger partial charge in [0.25, 0.3) is 0 Å². The first-order chi connectivity index (χ1) is 10.8. The standard InChI is InChI=1S/C19H30N2O2/c1-6-20-17(22)14-21(7-2)18(23)13-10-15-8-11-16(12-9-15)19(3,4)5/h8-9,11-12H,6-7,10,13-14H2,1-5H3,(H,20,22). The molecule has 0 aliphatic rings. The van der Waals surface area contributed by atoms with Gasteiger partial charge in [0.1, 0.15) is 0 Å². The maximum Gasteiger partial charge on any atom is 0.239 e. The molecule has 0 saturated heterocycles. The van der Waals surface area contributed by atoms with E-state index in [1.807, 2.05) is 13.8 Å². The summed E-state index contributed by atoms with van der Waals surface area (Å²) in [5.74, 6) is -0.0733. The summed E-state index contributed by atoms with van der Waals surface area (Å²) in [6, 6.07) is 8.44. The monoisotopic (exact) mass is 318 g/mol. The molecule has 0 aliphatic heterocycles. The van der Waals surface area contributed by atoms with Crippen LogP contribution in [0, 0.1) is 0 Å². The lowest BCUT2D eigenvalue weighted by Crippen LogP contribution is -2.40. The average Bonchev–Trinajstić information content (AvgIpc) is 2.50. The zero-order chi connectivity index (χ0) is 17.5. The van der Waals surface area contributed by atoms with Gasteiger partial charge in [-0.15, -0.1) is 0 Å². The zero-order valence-corrected chi connectivity index (χ0v) is 15.1. The second kappa shape index (κ2) is 8.70. The molecule has 1 aromatic rings. The summed E-state index contributed by atoms with van der Waals surface area (Å²) in [4.78, 5) is 25.5. The highest BCUT2D eigenvalue weighted by Crippen LogP contribution is 2.22. The number of carbonyl (C=O) groups is 2. The molecule has 0 unspecified atom stereocenters. The van der Waals surface area contributed by atoms with E-state index in [0.717, 1.165) is 5.56 Å². The van der Waals surface area contributed by atoms with E-state index in [4.69, 9.17) is 0 Å². The molecule has 0 aliphatic carbocycles. The fraction of sp³-hybridized carbons (Fsp3) is 0.579. The summed E-state index contributed by atoms with van der Waals surface area (Å²) >= 11 is 0. The molecule has 0 spiro atoms. The van der Waals surface area contributed by atoms with E-state index in [9.17, 15) is 9.59 Å². The lowest BCUT2D eigenvalue weighted by atomic mass is 9.86. The first kappa shape index (κ1) is 19.2. The Labute approximate surface area is 140 Å². The maximum atomic E-state index is 12.3. The van der Waals surface area contributed by atoms with Gasteiger partial charge in [-0.2, -0.15) is 0 Å². The SMILES string of the molecule is CCNC(=O)CN(CC)C(=O)CCc1ccc(C(C)(C)C)cc1. The summed E-state index contributed by atoms with van der Waals surface area (Å²) in [7, 11) is 0. The van der Waals surface area contributed by atoms with E-state index in [-0.39, 0.29) is 23.8 Å². The number of benzene rings is 1. The predicted octanol–water partition coefficient (Wildman–Crippen LogP) is 2.90. The Kier molecular flexibility index (Phi) is 7.27. The molecule has 2 amide bonds. The molecule has 4 nitrogen and oxygen atoms in total. The third-order valence-electron chi connectivity index (χ3n) is 3.89. The van der Waals surface area contributed by atoms with Gasteiger partial charge in [-0.25, -0.2) is 0 Å². The lowest BCUT2D eigenvalue weighted by molar-refractivity contribution is -0.135. The van der Waals surface area contributed by atoms with E-state index in [2.05, 4.69) is 50.4 Å². The first-order valence-corrected chi connectivity index (χ1v) is 8.41. The highest BCUT2D eigenvalue weighted by molar-refractivity contribution is 5.84. The molecule has 23 heavy (non-hydrogen) atoms. The molecular formula is C19H30N2O2. The Morgan fingerprint density at radius 3 is 2.17 bits per heavy atom. The third kappa shape index (κ3) is 6.43. The van der Waals surface area contributed by atoms with Gasteiger partial charge in [0.2, 0.25) is 11.8 Å². The first-order valence-electron chi connectivity index (χ1n) is 8.41. The fourth-order valence-electron chi connectivity index (χ4n) is 2.38. The van der Waals surface area contributed by atoms with Gasteiger partial charge in [0, 0.05) is 19.5 Å². The summed E-state index contributed by atoms with van der Waals surface area (Å²) in [5, 5.41) is 2.73. The van der Waals surface area contributed by atoms with Gasteiger partial charge in [-0.05, 0) is 36.8 Å². The quantitative estimate of drug-likeness (QED) is 0.840. The molecule has 1 aromatic carbocycles. The number of hydrogen-bond acceptors (Lipinski definition) is 2. The molecule has 0 radical (unpaired) electrons. The molecule has 0 bridgehead atoms. The van der Waals surface area contributed by atoms with E-state index in [1.54, 1.807) is 4.90 Å². The summed E-state index contributed by atoms with van der Waals surface area (Å²) in [5.41, 5.74) is 2.58. The van der Waals surface area contributed by atoms with Crippen molar-refractivity contribution in [1.82, 2.24) is 10.2 Å². The fourth-order valence-corrected chi connectivity index (χ4v) is 2.38. The Morgan fingerprint density at radius 1 is 1.09 bits per heavy atom. The van der Waals surface area contributed by atoms with Gasteiger partial charge in [-0.1, -0.05) is 45.0 Å². The van der Waals surface area contributed by atoms with Crippen LogP contribution in [-0.4, -0.2) is 36.3 Å². The van der Waals surface area contributed by atoms with Crippen LogP contribution in [0.2, 0.25) is 0 Å². The largest absolute Gasteiger partial charge is 0.355 e. The van der Waals surface area contributed by atoms with Crippen molar-refractivity contribution in [2.75, 3.05) is 19.6 Å². The number of nitrogens with one attached hydrogen (secondary N) is 1. The second-order valence-electron chi connectivity index (χ2n) is 6.81. The Balaban J connectivity index is 2.55. The highest BCUT2D eigenvalue weighted by atomic mass is 16.2. The van der Waals surface area contributed by atoms with Crippen molar-refractivity contribution < 1.29 is 9.59 Å². The third-order valence-corrected chi connectivity index (χ3v) is 3.89. The molecule has 0 atom stereocenters. The smallest absolute Gasteiger partial charge is 0.239 e. The van der Waals surface area contributed by atoms with Crippen LogP contribution in [0.25, 0.3) is 0 Å². The van der Waals surface area contributed by atoms with Crippen LogP contribution in [0.3, 0.4) is 0 Å². The van der Waals surface area contributed by atoms with Crippen molar-refractivity contribution in [3.63, 3.8) is 0 Å². The Hall–Kier alpha value is -1.84. The summed E-state index contributed by atoms with van der Waals surface area (Å²) in [6.45, 7) is 11.6. The van der Waals surface area contributed by atoms with Crippen molar-refractivity contribution in [1.29, 1.82) is 0 Å². The molecule has 0 saturated carbocycles. The van der Waals surface area contributed by atoms with Crippen molar-refractivity contribution in [3.05, 3.63) is 35.4 Å². The van der Waals surface area contributed by atoms with Crippen molar-refractivity contribution in [2.24, 2.45) is 0 Å². The van der Waals surface area contributed by atoms with Gasteiger partial charge < -0.3 is 10.2 Å². The van der Waals surface area contributed by atoms with Crippen LogP contribution in [0.1, 0.15) is 52.2 Å². The Bertz CT molecular complexity index is 515. The topological polar surface area (TPSA) is 49.4 Å². The molecule has 4 heteroatoms. The highest BCUT2D eigenvalue weighted by Gasteiger charge is 2.16. The van der Waals surface area contributed by atoms with Crippen molar-refractivity contribution >= 4 is 11.8 Å². The maximum absolute atomic E-state index is 12.3.